The van der Waals surface area contributed by atoms with E-state index in [0.717, 1.165) is 0 Å². The molecule has 0 bridgehead atoms. The standard InChI is InChI=1S/C8H18N2O3/c1-12-5-3-9-7-8(11)10-4-6-13-2/h9H,3-7H2,1-2H3,(H,10,11). The Balaban J connectivity index is 3.11. The van der Waals surface area contributed by atoms with Gasteiger partial charge in [-0.3, -0.25) is 4.79 Å². The third-order valence-corrected chi connectivity index (χ3v) is 1.40. The van der Waals surface area contributed by atoms with Gasteiger partial charge < -0.3 is 20.1 Å². The van der Waals surface area contributed by atoms with Crippen molar-refractivity contribution in [3.63, 3.8) is 0 Å². The molecule has 0 atom stereocenters. The number of rotatable bonds is 8. The van der Waals surface area contributed by atoms with Gasteiger partial charge in [0.05, 0.1) is 19.8 Å². The van der Waals surface area contributed by atoms with E-state index in [-0.39, 0.29) is 5.91 Å². The number of nitrogens with one attached hydrogen (secondary N) is 2. The molecule has 1 amide bonds. The zero-order chi connectivity index (χ0) is 9.94. The average molecular weight is 190 g/mol. The third-order valence-electron chi connectivity index (χ3n) is 1.40. The lowest BCUT2D eigenvalue weighted by molar-refractivity contribution is -0.120. The van der Waals surface area contributed by atoms with Gasteiger partial charge in [0.2, 0.25) is 5.91 Å². The first-order valence-corrected chi connectivity index (χ1v) is 4.26. The van der Waals surface area contributed by atoms with E-state index in [1.165, 1.54) is 0 Å². The smallest absolute Gasteiger partial charge is 0.234 e. The molecule has 0 heterocycles. The van der Waals surface area contributed by atoms with Crippen LogP contribution in [0, 0.1) is 0 Å². The van der Waals surface area contributed by atoms with Crippen LogP contribution in [0.4, 0.5) is 0 Å². The Morgan fingerprint density at radius 3 is 2.38 bits per heavy atom. The van der Waals surface area contributed by atoms with Crippen LogP contribution in [-0.4, -0.2) is 53.0 Å². The van der Waals surface area contributed by atoms with E-state index in [4.69, 9.17) is 9.47 Å². The fraction of sp³-hybridized carbons (Fsp3) is 0.875. The summed E-state index contributed by atoms with van der Waals surface area (Å²) in [6, 6.07) is 0. The molecule has 0 aliphatic heterocycles. The lowest BCUT2D eigenvalue weighted by atomic mass is 10.5. The van der Waals surface area contributed by atoms with Gasteiger partial charge in [0.15, 0.2) is 0 Å². The second-order valence-corrected chi connectivity index (χ2v) is 2.51. The summed E-state index contributed by atoms with van der Waals surface area (Å²) < 4.78 is 9.59. The first-order chi connectivity index (χ1) is 6.31. The number of carbonyl (C=O) groups excluding carboxylic acids is 1. The summed E-state index contributed by atoms with van der Waals surface area (Å²) in [6.45, 7) is 2.73. The number of methoxy groups -OCH3 is 2. The largest absolute Gasteiger partial charge is 0.383 e. The maximum Gasteiger partial charge on any atom is 0.234 e. The van der Waals surface area contributed by atoms with Crippen LogP contribution in [0.1, 0.15) is 0 Å². The molecule has 0 radical (unpaired) electrons. The number of carbonyl (C=O) groups is 1. The summed E-state index contributed by atoms with van der Waals surface area (Å²) in [4.78, 5) is 11.0. The molecule has 0 saturated heterocycles. The van der Waals surface area contributed by atoms with Gasteiger partial charge >= 0.3 is 0 Å². The Morgan fingerprint density at radius 1 is 1.15 bits per heavy atom. The average Bonchev–Trinajstić information content (AvgIpc) is 2.13. The molecule has 0 saturated carbocycles. The Kier molecular flexibility index (Phi) is 8.97. The molecule has 0 spiro atoms. The molecule has 0 aromatic rings. The molecule has 5 nitrogen and oxygen atoms in total. The number of ether oxygens (including phenoxy) is 2. The molecule has 13 heavy (non-hydrogen) atoms. The zero-order valence-corrected chi connectivity index (χ0v) is 8.26. The lowest BCUT2D eigenvalue weighted by Crippen LogP contribution is -2.36. The normalized spacial score (nSPS) is 10.0. The first-order valence-electron chi connectivity index (χ1n) is 4.26. The highest BCUT2D eigenvalue weighted by atomic mass is 16.5. The fourth-order valence-electron chi connectivity index (χ4n) is 0.731. The second-order valence-electron chi connectivity index (χ2n) is 2.51. The summed E-state index contributed by atoms with van der Waals surface area (Å²) in [7, 11) is 3.23. The number of amides is 1. The lowest BCUT2D eigenvalue weighted by Gasteiger charge is -2.05. The van der Waals surface area contributed by atoms with Gasteiger partial charge in [-0.15, -0.1) is 0 Å². The van der Waals surface area contributed by atoms with Crippen LogP contribution in [0.5, 0.6) is 0 Å². The Morgan fingerprint density at radius 2 is 1.77 bits per heavy atom. The molecule has 0 aromatic heterocycles. The summed E-state index contributed by atoms with van der Waals surface area (Å²) >= 11 is 0. The van der Waals surface area contributed by atoms with Gasteiger partial charge in [-0.2, -0.15) is 0 Å². The first kappa shape index (κ1) is 12.3. The van der Waals surface area contributed by atoms with E-state index in [1.54, 1.807) is 14.2 Å². The van der Waals surface area contributed by atoms with E-state index in [1.807, 2.05) is 0 Å². The van der Waals surface area contributed by atoms with E-state index in [0.29, 0.717) is 32.8 Å². The Bertz CT molecular complexity index is 131. The third kappa shape index (κ3) is 9.26. The maximum absolute atomic E-state index is 11.0. The minimum absolute atomic E-state index is 0.0202. The monoisotopic (exact) mass is 190 g/mol. The van der Waals surface area contributed by atoms with Crippen molar-refractivity contribution in [3.8, 4) is 0 Å². The molecule has 0 rings (SSSR count). The van der Waals surface area contributed by atoms with E-state index < -0.39 is 0 Å². The molecule has 2 N–H and O–H groups in total. The molecule has 0 aromatic carbocycles. The summed E-state index contributed by atoms with van der Waals surface area (Å²) in [5.74, 6) is -0.0202. The van der Waals surface area contributed by atoms with Gasteiger partial charge in [0.25, 0.3) is 0 Å². The molecule has 0 fully saturated rings. The van der Waals surface area contributed by atoms with Crippen molar-refractivity contribution >= 4 is 5.91 Å². The fourth-order valence-corrected chi connectivity index (χ4v) is 0.731. The van der Waals surface area contributed by atoms with Gasteiger partial charge in [-0.25, -0.2) is 0 Å². The highest BCUT2D eigenvalue weighted by Crippen LogP contribution is 1.68. The minimum atomic E-state index is -0.0202. The molecular formula is C8H18N2O3. The molecule has 78 valence electrons. The van der Waals surface area contributed by atoms with Crippen molar-refractivity contribution in [3.05, 3.63) is 0 Å². The van der Waals surface area contributed by atoms with E-state index >= 15 is 0 Å². The molecule has 0 aliphatic rings. The van der Waals surface area contributed by atoms with Crippen molar-refractivity contribution in [1.29, 1.82) is 0 Å². The predicted octanol–water partition coefficient (Wildman–Crippen LogP) is -1.01. The summed E-state index contributed by atoms with van der Waals surface area (Å²) in [5, 5.41) is 5.63. The topological polar surface area (TPSA) is 59.6 Å². The van der Waals surface area contributed by atoms with Crippen LogP contribution in [0.15, 0.2) is 0 Å². The molecule has 5 heteroatoms. The van der Waals surface area contributed by atoms with Gasteiger partial charge in [-0.05, 0) is 0 Å². The van der Waals surface area contributed by atoms with Crippen LogP contribution in [0.2, 0.25) is 0 Å². The maximum atomic E-state index is 11.0. The van der Waals surface area contributed by atoms with Crippen LogP contribution in [-0.2, 0) is 14.3 Å². The van der Waals surface area contributed by atoms with Gasteiger partial charge in [0, 0.05) is 27.3 Å². The minimum Gasteiger partial charge on any atom is -0.383 e. The number of hydrogen-bond donors (Lipinski definition) is 2. The Labute approximate surface area is 78.8 Å². The molecular weight excluding hydrogens is 172 g/mol. The van der Waals surface area contributed by atoms with Crippen molar-refractivity contribution in [2.24, 2.45) is 0 Å². The van der Waals surface area contributed by atoms with Crippen molar-refractivity contribution < 1.29 is 14.3 Å². The van der Waals surface area contributed by atoms with Crippen LogP contribution in [0.3, 0.4) is 0 Å². The SMILES string of the molecule is COCCNCC(=O)NCCOC. The van der Waals surface area contributed by atoms with Crippen molar-refractivity contribution in [2.75, 3.05) is 47.1 Å². The van der Waals surface area contributed by atoms with E-state index in [9.17, 15) is 4.79 Å². The Hall–Kier alpha value is -0.650. The van der Waals surface area contributed by atoms with Crippen LogP contribution in [0.25, 0.3) is 0 Å². The van der Waals surface area contributed by atoms with Crippen molar-refractivity contribution in [2.45, 2.75) is 0 Å². The summed E-state index contributed by atoms with van der Waals surface area (Å²) in [6.07, 6.45) is 0. The quantitative estimate of drug-likeness (QED) is 0.481. The van der Waals surface area contributed by atoms with Crippen LogP contribution < -0.4 is 10.6 Å². The second kappa shape index (κ2) is 9.44. The molecule has 0 unspecified atom stereocenters. The zero-order valence-electron chi connectivity index (χ0n) is 8.26. The highest BCUT2D eigenvalue weighted by Gasteiger charge is 1.97. The van der Waals surface area contributed by atoms with Gasteiger partial charge in [-0.1, -0.05) is 0 Å². The number of hydrogen-bond acceptors (Lipinski definition) is 4. The van der Waals surface area contributed by atoms with Crippen molar-refractivity contribution in [1.82, 2.24) is 10.6 Å². The van der Waals surface area contributed by atoms with E-state index in [2.05, 4.69) is 10.6 Å². The highest BCUT2D eigenvalue weighted by molar-refractivity contribution is 5.77. The van der Waals surface area contributed by atoms with Gasteiger partial charge in [0.1, 0.15) is 0 Å². The predicted molar refractivity (Wildman–Crippen MR) is 49.6 cm³/mol. The summed E-state index contributed by atoms with van der Waals surface area (Å²) in [5.41, 5.74) is 0. The van der Waals surface area contributed by atoms with Crippen LogP contribution >= 0.6 is 0 Å². The molecule has 0 aliphatic carbocycles.